The minimum absolute atomic E-state index is 0.0297. The van der Waals surface area contributed by atoms with Gasteiger partial charge in [-0.2, -0.15) is 24.9 Å². The van der Waals surface area contributed by atoms with Crippen LogP contribution < -0.4 is 15.4 Å². The first-order valence-corrected chi connectivity index (χ1v) is 11.6. The maximum Gasteiger partial charge on any atom is 0.405 e. The Morgan fingerprint density at radius 3 is 2.65 bits per heavy atom. The van der Waals surface area contributed by atoms with Gasteiger partial charge < -0.3 is 20.1 Å². The Bertz CT molecular complexity index is 942. The summed E-state index contributed by atoms with van der Waals surface area (Å²) in [5, 5.41) is 12.2. The number of alkyl halides is 4. The molecule has 0 atom stereocenters. The zero-order valence-electron chi connectivity index (χ0n) is 18.4. The highest BCUT2D eigenvalue weighted by Crippen LogP contribution is 2.25. The van der Waals surface area contributed by atoms with Crippen LogP contribution in [0.2, 0.25) is 0 Å². The van der Waals surface area contributed by atoms with Crippen LogP contribution in [-0.2, 0) is 4.74 Å². The van der Waals surface area contributed by atoms with Gasteiger partial charge >= 0.3 is 6.18 Å². The van der Waals surface area contributed by atoms with Crippen LogP contribution in [0.4, 0.5) is 17.6 Å². The Labute approximate surface area is 197 Å². The van der Waals surface area contributed by atoms with Crippen molar-refractivity contribution in [3.63, 3.8) is 0 Å². The van der Waals surface area contributed by atoms with E-state index < -0.39 is 31.2 Å². The van der Waals surface area contributed by atoms with Gasteiger partial charge in [0.25, 0.3) is 11.8 Å². The summed E-state index contributed by atoms with van der Waals surface area (Å²) in [4.78, 5) is 24.4. The van der Waals surface area contributed by atoms with Gasteiger partial charge in [-0.05, 0) is 36.6 Å². The van der Waals surface area contributed by atoms with E-state index in [1.54, 1.807) is 17.1 Å². The summed E-state index contributed by atoms with van der Waals surface area (Å²) in [5.74, 6) is -0.393. The highest BCUT2D eigenvalue weighted by molar-refractivity contribution is 7.98. The van der Waals surface area contributed by atoms with E-state index in [4.69, 9.17) is 9.47 Å². The van der Waals surface area contributed by atoms with Crippen molar-refractivity contribution < 1.29 is 36.6 Å². The lowest BCUT2D eigenvalue weighted by atomic mass is 10.1. The van der Waals surface area contributed by atoms with Crippen LogP contribution in [0.1, 0.15) is 27.3 Å². The fraction of sp³-hybridized carbons (Fsp3) is 0.500. The van der Waals surface area contributed by atoms with Crippen molar-refractivity contribution in [1.29, 1.82) is 0 Å². The monoisotopic (exact) mass is 507 g/mol. The number of carbonyl (C=O) groups excluding carboxylic acids is 2. The highest BCUT2D eigenvalue weighted by atomic mass is 32.2. The summed E-state index contributed by atoms with van der Waals surface area (Å²) < 4.78 is 61.3. The average molecular weight is 508 g/mol. The Kier molecular flexibility index (Phi) is 11.1. The number of amides is 2. The van der Waals surface area contributed by atoms with Crippen LogP contribution in [0.25, 0.3) is 5.69 Å². The molecule has 0 aliphatic carbocycles. The number of hydrogen-bond acceptors (Lipinski definition) is 7. The lowest BCUT2D eigenvalue weighted by molar-refractivity contribution is -0.123. The lowest BCUT2D eigenvalue weighted by Gasteiger charge is -2.14. The van der Waals surface area contributed by atoms with Gasteiger partial charge in [0.05, 0.1) is 19.4 Å². The third-order valence-corrected chi connectivity index (χ3v) is 4.86. The molecule has 1 aromatic carbocycles. The minimum atomic E-state index is -4.56. The largest absolute Gasteiger partial charge is 0.489 e. The molecule has 2 N–H and O–H groups in total. The van der Waals surface area contributed by atoms with E-state index in [1.165, 1.54) is 29.1 Å². The predicted molar refractivity (Wildman–Crippen MR) is 117 cm³/mol. The molecule has 0 bridgehead atoms. The van der Waals surface area contributed by atoms with Crippen molar-refractivity contribution >= 4 is 23.6 Å². The summed E-state index contributed by atoms with van der Waals surface area (Å²) in [6.45, 7) is -1.79. The zero-order chi connectivity index (χ0) is 25.0. The third kappa shape index (κ3) is 9.17. The van der Waals surface area contributed by atoms with Crippen LogP contribution in [-0.4, -0.2) is 84.6 Å². The average Bonchev–Trinajstić information content (AvgIpc) is 3.29. The smallest absolute Gasteiger partial charge is 0.405 e. The zero-order valence-corrected chi connectivity index (χ0v) is 19.2. The Morgan fingerprint density at radius 1 is 1.15 bits per heavy atom. The third-order valence-electron chi connectivity index (χ3n) is 4.16. The van der Waals surface area contributed by atoms with Crippen molar-refractivity contribution in [3.8, 4) is 11.4 Å². The Balaban J connectivity index is 2.18. The van der Waals surface area contributed by atoms with Crippen LogP contribution in [0.5, 0.6) is 5.75 Å². The van der Waals surface area contributed by atoms with E-state index >= 15 is 0 Å². The molecule has 2 amide bonds. The fourth-order valence-electron chi connectivity index (χ4n) is 2.60. The van der Waals surface area contributed by atoms with Gasteiger partial charge in [0.15, 0.2) is 5.69 Å². The topological polar surface area (TPSA) is 107 Å². The first-order valence-electron chi connectivity index (χ1n) is 10.2. The van der Waals surface area contributed by atoms with Gasteiger partial charge in [-0.15, -0.1) is 5.10 Å². The summed E-state index contributed by atoms with van der Waals surface area (Å²) in [6, 6.07) is 3.92. The maximum absolute atomic E-state index is 12.4. The molecule has 0 saturated carbocycles. The molecule has 0 radical (unpaired) electrons. The molecular weight excluding hydrogens is 482 g/mol. The van der Waals surface area contributed by atoms with E-state index in [0.29, 0.717) is 6.54 Å². The molecule has 2 aromatic rings. The number of benzene rings is 1. The van der Waals surface area contributed by atoms with Crippen LogP contribution in [0.3, 0.4) is 0 Å². The number of hydrogen-bond donors (Lipinski definition) is 2. The number of nitrogens with zero attached hydrogens (tertiary/aromatic N) is 3. The van der Waals surface area contributed by atoms with Crippen molar-refractivity contribution in [3.05, 3.63) is 35.7 Å². The van der Waals surface area contributed by atoms with Gasteiger partial charge in [-0.3, -0.25) is 9.59 Å². The molecule has 0 unspecified atom stereocenters. The second kappa shape index (κ2) is 13.7. The molecule has 0 saturated heterocycles. The maximum atomic E-state index is 12.4. The molecule has 0 aliphatic heterocycles. The van der Waals surface area contributed by atoms with E-state index in [2.05, 4.69) is 15.6 Å². The Morgan fingerprint density at radius 2 is 1.94 bits per heavy atom. The molecule has 0 aliphatic rings. The van der Waals surface area contributed by atoms with E-state index in [0.717, 1.165) is 12.2 Å². The molecule has 9 nitrogen and oxygen atoms in total. The molecule has 1 heterocycles. The molecule has 34 heavy (non-hydrogen) atoms. The van der Waals surface area contributed by atoms with Crippen LogP contribution in [0, 0.1) is 0 Å². The number of thioether (sulfide) groups is 1. The number of carbonyl (C=O) groups is 2. The van der Waals surface area contributed by atoms with Crippen LogP contribution >= 0.6 is 11.8 Å². The summed E-state index contributed by atoms with van der Waals surface area (Å²) in [5.41, 5.74) is 0.250. The lowest BCUT2D eigenvalue weighted by Crippen LogP contribution is -2.33. The van der Waals surface area contributed by atoms with Crippen molar-refractivity contribution in [2.75, 3.05) is 51.6 Å². The summed E-state index contributed by atoms with van der Waals surface area (Å²) >= 11 is 1.66. The molecule has 188 valence electrons. The van der Waals surface area contributed by atoms with E-state index in [9.17, 15) is 27.2 Å². The number of aromatic nitrogens is 3. The predicted octanol–water partition coefficient (Wildman–Crippen LogP) is 2.41. The van der Waals surface area contributed by atoms with Gasteiger partial charge in [-0.1, -0.05) is 5.21 Å². The van der Waals surface area contributed by atoms with Crippen molar-refractivity contribution in [1.82, 2.24) is 25.6 Å². The molecule has 14 heteroatoms. The molecule has 0 fully saturated rings. The van der Waals surface area contributed by atoms with Gasteiger partial charge in [-0.25, -0.2) is 9.07 Å². The standard InChI is InChI=1S/C20H25F4N5O4S/c1-34-10-2-6-25-19(31)15-12-29(28-27-15)16-4-3-14(18(30)26-13-20(22,23)24)11-17(16)33-9-8-32-7-5-21/h3-4,11-12H,2,5-10,13H2,1H3,(H,25,31)(H,26,30). The van der Waals surface area contributed by atoms with Crippen molar-refractivity contribution in [2.45, 2.75) is 12.6 Å². The summed E-state index contributed by atoms with van der Waals surface area (Å²) in [7, 11) is 0. The van der Waals surface area contributed by atoms with Gasteiger partial charge in [0, 0.05) is 12.1 Å². The molecule has 0 spiro atoms. The SMILES string of the molecule is CSCCCNC(=O)c1cn(-c2ccc(C(=O)NCC(F)(F)F)cc2OCCOCCF)nn1. The molecule has 2 rings (SSSR count). The fourth-order valence-corrected chi connectivity index (χ4v) is 3.04. The second-order valence-electron chi connectivity index (χ2n) is 6.78. The molecular formula is C20H25F4N5O4S. The van der Waals surface area contributed by atoms with E-state index in [-0.39, 0.29) is 42.5 Å². The Hall–Kier alpha value is -2.87. The normalized spacial score (nSPS) is 11.3. The van der Waals surface area contributed by atoms with Gasteiger partial charge in [0.1, 0.15) is 31.3 Å². The van der Waals surface area contributed by atoms with Gasteiger partial charge in [0.2, 0.25) is 0 Å². The number of rotatable bonds is 14. The molecule has 1 aromatic heterocycles. The van der Waals surface area contributed by atoms with Crippen LogP contribution in [0.15, 0.2) is 24.4 Å². The number of halogens is 4. The number of ether oxygens (including phenoxy) is 2. The first-order chi connectivity index (χ1) is 16.2. The second-order valence-corrected chi connectivity index (χ2v) is 7.77. The first kappa shape index (κ1) is 27.4. The van der Waals surface area contributed by atoms with E-state index in [1.807, 2.05) is 6.26 Å². The highest BCUT2D eigenvalue weighted by Gasteiger charge is 2.28. The van der Waals surface area contributed by atoms with Crippen molar-refractivity contribution in [2.24, 2.45) is 0 Å². The number of nitrogens with one attached hydrogen (secondary N) is 2. The quantitative estimate of drug-likeness (QED) is 0.299. The minimum Gasteiger partial charge on any atom is -0.489 e. The summed E-state index contributed by atoms with van der Waals surface area (Å²) in [6.07, 6.45) is -0.447.